The summed E-state index contributed by atoms with van der Waals surface area (Å²) in [6.07, 6.45) is -0.765. The van der Waals surface area contributed by atoms with Gasteiger partial charge in [-0.1, -0.05) is 48.5 Å². The van der Waals surface area contributed by atoms with Crippen molar-refractivity contribution in [2.75, 3.05) is 33.4 Å². The normalized spacial score (nSPS) is 15.8. The van der Waals surface area contributed by atoms with Crippen LogP contribution in [-0.4, -0.2) is 67.4 Å². The molecule has 2 aromatic carbocycles. The van der Waals surface area contributed by atoms with Crippen LogP contribution in [0.4, 0.5) is 4.79 Å². The standard InChI is InChI=1S/C25H28N2O6/c1-32-22(24(30)27-13-16(14-27)10-11-23(28)29)12-26-25(31)33-15-21-19-8-4-2-6-17(19)18-7-3-5-9-20(18)21/h2-9,16,21-22H,10-15H2,1H3,(H,26,31)(H,28,29). The van der Waals surface area contributed by atoms with Crippen molar-refractivity contribution in [2.24, 2.45) is 5.92 Å². The highest BCUT2D eigenvalue weighted by atomic mass is 16.5. The summed E-state index contributed by atoms with van der Waals surface area (Å²) in [5.41, 5.74) is 4.57. The second-order valence-electron chi connectivity index (χ2n) is 8.47. The highest BCUT2D eigenvalue weighted by Crippen LogP contribution is 2.44. The molecule has 33 heavy (non-hydrogen) atoms. The van der Waals surface area contributed by atoms with E-state index in [4.69, 9.17) is 14.6 Å². The molecule has 0 aromatic heterocycles. The molecule has 174 valence electrons. The lowest BCUT2D eigenvalue weighted by Crippen LogP contribution is -2.55. The van der Waals surface area contributed by atoms with Crippen LogP contribution in [0.5, 0.6) is 0 Å². The number of hydrogen-bond donors (Lipinski definition) is 2. The first-order valence-electron chi connectivity index (χ1n) is 11.1. The molecule has 2 amide bonds. The molecule has 0 bridgehead atoms. The third-order valence-corrected chi connectivity index (χ3v) is 6.37. The monoisotopic (exact) mass is 452 g/mol. The number of fused-ring (bicyclic) bond motifs is 3. The first-order chi connectivity index (χ1) is 16.0. The van der Waals surface area contributed by atoms with Crippen molar-refractivity contribution in [2.45, 2.75) is 24.9 Å². The number of nitrogens with one attached hydrogen (secondary N) is 1. The predicted molar refractivity (Wildman–Crippen MR) is 121 cm³/mol. The summed E-state index contributed by atoms with van der Waals surface area (Å²) in [5.74, 6) is -0.894. The molecule has 1 saturated heterocycles. The van der Waals surface area contributed by atoms with E-state index in [9.17, 15) is 14.4 Å². The molecular weight excluding hydrogens is 424 g/mol. The van der Waals surface area contributed by atoms with Gasteiger partial charge >= 0.3 is 12.1 Å². The Morgan fingerprint density at radius 2 is 1.67 bits per heavy atom. The van der Waals surface area contributed by atoms with Gasteiger partial charge in [0, 0.05) is 32.5 Å². The third kappa shape index (κ3) is 5.01. The van der Waals surface area contributed by atoms with Gasteiger partial charge in [-0.3, -0.25) is 9.59 Å². The van der Waals surface area contributed by atoms with E-state index in [1.807, 2.05) is 24.3 Å². The molecule has 8 nitrogen and oxygen atoms in total. The summed E-state index contributed by atoms with van der Waals surface area (Å²) in [4.78, 5) is 37.2. The quantitative estimate of drug-likeness (QED) is 0.606. The van der Waals surface area contributed by atoms with Crippen LogP contribution in [0.25, 0.3) is 11.1 Å². The number of nitrogens with zero attached hydrogens (tertiary/aromatic N) is 1. The molecule has 2 aromatic rings. The van der Waals surface area contributed by atoms with E-state index in [1.54, 1.807) is 4.90 Å². The van der Waals surface area contributed by atoms with Gasteiger partial charge in [0.1, 0.15) is 6.61 Å². The van der Waals surface area contributed by atoms with E-state index >= 15 is 0 Å². The fourth-order valence-electron chi connectivity index (χ4n) is 4.56. The molecule has 8 heteroatoms. The molecule has 1 aliphatic heterocycles. The van der Waals surface area contributed by atoms with E-state index in [0.29, 0.717) is 19.5 Å². The first-order valence-corrected chi connectivity index (χ1v) is 11.1. The molecule has 1 atom stereocenters. The number of likely N-dealkylation sites (tertiary alicyclic amines) is 1. The van der Waals surface area contributed by atoms with E-state index in [2.05, 4.69) is 29.6 Å². The lowest BCUT2D eigenvalue weighted by atomic mass is 9.94. The number of carboxylic acids is 1. The summed E-state index contributed by atoms with van der Waals surface area (Å²) in [5, 5.41) is 11.4. The number of carboxylic acid groups (broad SMARTS) is 1. The van der Waals surface area contributed by atoms with E-state index in [0.717, 1.165) is 22.3 Å². The van der Waals surface area contributed by atoms with Crippen LogP contribution in [0.15, 0.2) is 48.5 Å². The Bertz CT molecular complexity index is 988. The first kappa shape index (κ1) is 22.8. The highest BCUT2D eigenvalue weighted by Gasteiger charge is 2.35. The Balaban J connectivity index is 1.26. The lowest BCUT2D eigenvalue weighted by molar-refractivity contribution is -0.148. The van der Waals surface area contributed by atoms with Gasteiger partial charge in [0.2, 0.25) is 0 Å². The topological polar surface area (TPSA) is 105 Å². The zero-order valence-corrected chi connectivity index (χ0v) is 18.5. The molecule has 1 heterocycles. The SMILES string of the molecule is COC(CNC(=O)OCC1c2ccccc2-c2ccccc21)C(=O)N1CC(CCC(=O)O)C1. The van der Waals surface area contributed by atoms with Crippen molar-refractivity contribution in [1.82, 2.24) is 10.2 Å². The number of alkyl carbamates (subject to hydrolysis) is 1. The van der Waals surface area contributed by atoms with Crippen molar-refractivity contribution in [3.8, 4) is 11.1 Å². The molecule has 1 unspecified atom stereocenters. The van der Waals surface area contributed by atoms with Gasteiger partial charge in [0.15, 0.2) is 6.10 Å². The van der Waals surface area contributed by atoms with E-state index in [-0.39, 0.29) is 37.3 Å². The van der Waals surface area contributed by atoms with Gasteiger partial charge in [-0.25, -0.2) is 4.79 Å². The molecule has 0 spiro atoms. The van der Waals surface area contributed by atoms with Gasteiger partial charge in [-0.15, -0.1) is 0 Å². The Morgan fingerprint density at radius 3 is 2.24 bits per heavy atom. The summed E-state index contributed by atoms with van der Waals surface area (Å²) >= 11 is 0. The Hall–Kier alpha value is -3.39. The van der Waals surface area contributed by atoms with Crippen LogP contribution < -0.4 is 5.32 Å². The zero-order valence-electron chi connectivity index (χ0n) is 18.5. The number of methoxy groups -OCH3 is 1. The fourth-order valence-corrected chi connectivity index (χ4v) is 4.56. The fraction of sp³-hybridized carbons (Fsp3) is 0.400. The van der Waals surface area contributed by atoms with Gasteiger partial charge in [0.25, 0.3) is 5.91 Å². The molecule has 4 rings (SSSR count). The number of benzene rings is 2. The molecular formula is C25H28N2O6. The van der Waals surface area contributed by atoms with Gasteiger partial charge in [-0.05, 0) is 34.6 Å². The number of carbonyl (C=O) groups is 3. The number of ether oxygens (including phenoxy) is 2. The number of amides is 2. The molecule has 2 aliphatic rings. The lowest BCUT2D eigenvalue weighted by Gasteiger charge is -2.40. The number of carbonyl (C=O) groups excluding carboxylic acids is 2. The number of hydrogen-bond acceptors (Lipinski definition) is 5. The summed E-state index contributed by atoms with van der Waals surface area (Å²) < 4.78 is 10.8. The minimum absolute atomic E-state index is 0.00228. The summed E-state index contributed by atoms with van der Waals surface area (Å²) in [7, 11) is 1.42. The predicted octanol–water partition coefficient (Wildman–Crippen LogP) is 2.86. The molecule has 0 saturated carbocycles. The maximum Gasteiger partial charge on any atom is 0.407 e. The van der Waals surface area contributed by atoms with Crippen LogP contribution in [0, 0.1) is 5.92 Å². The maximum absolute atomic E-state index is 12.6. The smallest absolute Gasteiger partial charge is 0.407 e. The molecule has 2 N–H and O–H groups in total. The second kappa shape index (κ2) is 10.0. The summed E-state index contributed by atoms with van der Waals surface area (Å²) in [6, 6.07) is 16.2. The number of rotatable bonds is 9. The third-order valence-electron chi connectivity index (χ3n) is 6.37. The Kier molecular flexibility index (Phi) is 6.93. The van der Waals surface area contributed by atoms with E-state index in [1.165, 1.54) is 7.11 Å². The van der Waals surface area contributed by atoms with Crippen LogP contribution in [0.3, 0.4) is 0 Å². The van der Waals surface area contributed by atoms with Gasteiger partial charge < -0.3 is 24.8 Å². The highest BCUT2D eigenvalue weighted by molar-refractivity contribution is 5.83. The minimum atomic E-state index is -0.832. The Morgan fingerprint density at radius 1 is 1.06 bits per heavy atom. The maximum atomic E-state index is 12.6. The van der Waals surface area contributed by atoms with Crippen LogP contribution in [0.2, 0.25) is 0 Å². The second-order valence-corrected chi connectivity index (χ2v) is 8.47. The van der Waals surface area contributed by atoms with Crippen molar-refractivity contribution >= 4 is 18.0 Å². The van der Waals surface area contributed by atoms with Crippen molar-refractivity contribution in [3.05, 3.63) is 59.7 Å². The molecule has 1 aliphatic carbocycles. The number of aliphatic carboxylic acids is 1. The van der Waals surface area contributed by atoms with Crippen molar-refractivity contribution in [1.29, 1.82) is 0 Å². The zero-order chi connectivity index (χ0) is 23.4. The van der Waals surface area contributed by atoms with Gasteiger partial charge in [0.05, 0.1) is 6.54 Å². The van der Waals surface area contributed by atoms with Crippen LogP contribution in [-0.2, 0) is 19.1 Å². The van der Waals surface area contributed by atoms with E-state index < -0.39 is 18.2 Å². The van der Waals surface area contributed by atoms with Crippen LogP contribution in [0.1, 0.15) is 29.9 Å². The molecule has 0 radical (unpaired) electrons. The van der Waals surface area contributed by atoms with Crippen molar-refractivity contribution in [3.63, 3.8) is 0 Å². The average Bonchev–Trinajstić information content (AvgIpc) is 3.10. The molecule has 1 fully saturated rings. The summed E-state index contributed by atoms with van der Waals surface area (Å²) in [6.45, 7) is 1.22. The van der Waals surface area contributed by atoms with Crippen molar-refractivity contribution < 1.29 is 29.0 Å². The Labute approximate surface area is 192 Å². The largest absolute Gasteiger partial charge is 0.481 e. The van der Waals surface area contributed by atoms with Crippen LogP contribution >= 0.6 is 0 Å². The average molecular weight is 453 g/mol. The minimum Gasteiger partial charge on any atom is -0.481 e. The van der Waals surface area contributed by atoms with Gasteiger partial charge in [-0.2, -0.15) is 0 Å².